The molecule has 1 atom stereocenters. The lowest BCUT2D eigenvalue weighted by Crippen LogP contribution is -2.48. The second-order valence-corrected chi connectivity index (χ2v) is 8.54. The third-order valence-electron chi connectivity index (χ3n) is 6.41. The van der Waals surface area contributed by atoms with E-state index in [1.165, 1.54) is 6.07 Å². The average molecular weight is 445 g/mol. The van der Waals surface area contributed by atoms with Crippen LogP contribution in [0.2, 0.25) is 0 Å². The molecule has 33 heavy (non-hydrogen) atoms. The molecule has 1 fully saturated rings. The number of carbonyl (C=O) groups excluding carboxylic acids is 2. The van der Waals surface area contributed by atoms with Gasteiger partial charge in [0.1, 0.15) is 11.9 Å². The van der Waals surface area contributed by atoms with Gasteiger partial charge in [-0.2, -0.15) is 0 Å². The zero-order valence-corrected chi connectivity index (χ0v) is 18.2. The molecule has 0 unspecified atom stereocenters. The van der Waals surface area contributed by atoms with Gasteiger partial charge in [-0.3, -0.25) is 9.69 Å². The van der Waals surface area contributed by atoms with Crippen molar-refractivity contribution in [2.24, 2.45) is 0 Å². The van der Waals surface area contributed by atoms with Gasteiger partial charge in [-0.1, -0.05) is 48.5 Å². The van der Waals surface area contributed by atoms with Crippen LogP contribution in [0.15, 0.2) is 72.8 Å². The minimum Gasteiger partial charge on any atom is -0.454 e. The van der Waals surface area contributed by atoms with E-state index < -0.39 is 0 Å². The first-order valence-electron chi connectivity index (χ1n) is 11.2. The third-order valence-corrected chi connectivity index (χ3v) is 6.41. The van der Waals surface area contributed by atoms with Crippen molar-refractivity contribution in [1.29, 1.82) is 0 Å². The molecule has 0 aliphatic carbocycles. The summed E-state index contributed by atoms with van der Waals surface area (Å²) in [5, 5.41) is 0. The van der Waals surface area contributed by atoms with E-state index in [0.29, 0.717) is 55.8 Å². The van der Waals surface area contributed by atoms with Crippen LogP contribution in [0.25, 0.3) is 0 Å². The van der Waals surface area contributed by atoms with Gasteiger partial charge in [-0.15, -0.1) is 0 Å². The molecule has 2 aliphatic rings. The lowest BCUT2D eigenvalue weighted by molar-refractivity contribution is 0.0252. The third kappa shape index (κ3) is 4.52. The molecular weight excluding hydrogens is 419 g/mol. The minimum atomic E-state index is -0.356. The van der Waals surface area contributed by atoms with Gasteiger partial charge in [0.05, 0.1) is 5.56 Å². The van der Waals surface area contributed by atoms with E-state index in [0.717, 1.165) is 11.1 Å². The van der Waals surface area contributed by atoms with Crippen molar-refractivity contribution < 1.29 is 18.7 Å². The van der Waals surface area contributed by atoms with Gasteiger partial charge < -0.3 is 9.64 Å². The molecule has 5 rings (SSSR count). The van der Waals surface area contributed by atoms with Crippen molar-refractivity contribution in [3.63, 3.8) is 0 Å². The van der Waals surface area contributed by atoms with E-state index in [9.17, 15) is 14.0 Å². The van der Waals surface area contributed by atoms with Crippen LogP contribution in [0.4, 0.5) is 4.39 Å². The van der Waals surface area contributed by atoms with Crippen LogP contribution in [0.3, 0.4) is 0 Å². The molecule has 5 nitrogen and oxygen atoms in total. The van der Waals surface area contributed by atoms with Gasteiger partial charge in [-0.25, -0.2) is 9.18 Å². The van der Waals surface area contributed by atoms with Crippen molar-refractivity contribution >= 4 is 11.9 Å². The number of hydrogen-bond donors (Lipinski definition) is 0. The second-order valence-electron chi connectivity index (χ2n) is 8.54. The summed E-state index contributed by atoms with van der Waals surface area (Å²) in [5.74, 6) is -0.596. The van der Waals surface area contributed by atoms with Crippen LogP contribution >= 0.6 is 0 Å². The maximum absolute atomic E-state index is 13.9. The van der Waals surface area contributed by atoms with Gasteiger partial charge >= 0.3 is 5.97 Å². The number of rotatable bonds is 4. The lowest BCUT2D eigenvalue weighted by atomic mass is 9.93. The predicted octanol–water partition coefficient (Wildman–Crippen LogP) is 4.24. The molecular formula is C27H25FN2O3. The monoisotopic (exact) mass is 444 g/mol. The Morgan fingerprint density at radius 2 is 1.67 bits per heavy atom. The normalized spacial score (nSPS) is 18.5. The summed E-state index contributed by atoms with van der Waals surface area (Å²) in [5.41, 5.74) is 3.56. The number of nitrogens with zero attached hydrogens (tertiary/aromatic N) is 2. The summed E-state index contributed by atoms with van der Waals surface area (Å²) < 4.78 is 19.6. The molecule has 0 spiro atoms. The Kier molecular flexibility index (Phi) is 5.92. The fraction of sp³-hybridized carbons (Fsp3) is 0.259. The molecule has 6 heteroatoms. The van der Waals surface area contributed by atoms with E-state index in [4.69, 9.17) is 4.74 Å². The number of amides is 1. The summed E-state index contributed by atoms with van der Waals surface area (Å²) in [6, 6.07) is 21.7. The quantitative estimate of drug-likeness (QED) is 0.565. The summed E-state index contributed by atoms with van der Waals surface area (Å²) >= 11 is 0. The Morgan fingerprint density at radius 3 is 2.42 bits per heavy atom. The molecule has 3 aromatic carbocycles. The van der Waals surface area contributed by atoms with E-state index in [2.05, 4.69) is 4.90 Å². The van der Waals surface area contributed by atoms with Crippen LogP contribution in [0.1, 0.15) is 43.5 Å². The van der Waals surface area contributed by atoms with E-state index in [1.807, 2.05) is 47.4 Å². The highest BCUT2D eigenvalue weighted by molar-refractivity contribution is 5.97. The number of cyclic esters (lactones) is 1. The largest absolute Gasteiger partial charge is 0.454 e. The van der Waals surface area contributed by atoms with Crippen LogP contribution in [-0.4, -0.2) is 47.9 Å². The van der Waals surface area contributed by atoms with E-state index in [1.54, 1.807) is 24.3 Å². The van der Waals surface area contributed by atoms with Crippen molar-refractivity contribution in [3.05, 3.63) is 106 Å². The zero-order chi connectivity index (χ0) is 22.8. The smallest absolute Gasteiger partial charge is 0.339 e. The number of fused-ring (bicyclic) bond motifs is 1. The van der Waals surface area contributed by atoms with Crippen LogP contribution in [0.5, 0.6) is 0 Å². The maximum atomic E-state index is 13.9. The molecule has 3 aromatic rings. The Morgan fingerprint density at radius 1 is 0.939 bits per heavy atom. The highest BCUT2D eigenvalue weighted by Crippen LogP contribution is 2.31. The van der Waals surface area contributed by atoms with Crippen molar-refractivity contribution in [1.82, 2.24) is 9.80 Å². The maximum Gasteiger partial charge on any atom is 0.339 e. The van der Waals surface area contributed by atoms with Crippen LogP contribution in [-0.2, 0) is 17.7 Å². The number of halogens is 1. The Labute approximate surface area is 192 Å². The number of carbonyl (C=O) groups is 2. The van der Waals surface area contributed by atoms with Gasteiger partial charge in [0.15, 0.2) is 0 Å². The van der Waals surface area contributed by atoms with E-state index >= 15 is 0 Å². The number of esters is 1. The molecule has 168 valence electrons. The van der Waals surface area contributed by atoms with Gasteiger partial charge in [-0.05, 0) is 35.4 Å². The predicted molar refractivity (Wildman–Crippen MR) is 122 cm³/mol. The molecule has 1 amide bonds. The average Bonchev–Trinajstić information content (AvgIpc) is 2.85. The van der Waals surface area contributed by atoms with E-state index in [-0.39, 0.29) is 23.8 Å². The number of piperazine rings is 1. The van der Waals surface area contributed by atoms with Gasteiger partial charge in [0.2, 0.25) is 0 Å². The molecule has 2 heterocycles. The number of benzene rings is 3. The first kappa shape index (κ1) is 21.3. The fourth-order valence-corrected chi connectivity index (χ4v) is 4.54. The zero-order valence-electron chi connectivity index (χ0n) is 18.2. The summed E-state index contributed by atoms with van der Waals surface area (Å²) in [4.78, 5) is 29.7. The standard InChI is InChI=1S/C27H25FN2O3/c28-24-9-5-4-8-21(24)18-29-12-14-30(15-13-29)26(31)20-10-11-23-22(16-20)17-25(33-27(23)32)19-6-2-1-3-7-19/h1-11,16,25H,12-15,17-18H2/t25-/m0/s1. The number of hydrogen-bond acceptors (Lipinski definition) is 4. The summed E-state index contributed by atoms with van der Waals surface area (Å²) in [6.45, 7) is 3.08. The van der Waals surface area contributed by atoms with Crippen LogP contribution < -0.4 is 0 Å². The van der Waals surface area contributed by atoms with Crippen molar-refractivity contribution in [3.8, 4) is 0 Å². The fourth-order valence-electron chi connectivity index (χ4n) is 4.54. The van der Waals surface area contributed by atoms with Gasteiger partial charge in [0, 0.05) is 50.3 Å². The first-order valence-corrected chi connectivity index (χ1v) is 11.2. The van der Waals surface area contributed by atoms with Crippen LogP contribution in [0, 0.1) is 5.82 Å². The second kappa shape index (κ2) is 9.16. The van der Waals surface area contributed by atoms with Crippen molar-refractivity contribution in [2.45, 2.75) is 19.1 Å². The van der Waals surface area contributed by atoms with Crippen molar-refractivity contribution in [2.75, 3.05) is 26.2 Å². The Balaban J connectivity index is 1.26. The molecule has 1 saturated heterocycles. The Hall–Kier alpha value is -3.51. The Bertz CT molecular complexity index is 1170. The number of ether oxygens (including phenoxy) is 1. The van der Waals surface area contributed by atoms with Gasteiger partial charge in [0.25, 0.3) is 5.91 Å². The summed E-state index contributed by atoms with van der Waals surface area (Å²) in [6.07, 6.45) is 0.196. The molecule has 0 N–H and O–H groups in total. The molecule has 0 aromatic heterocycles. The minimum absolute atomic E-state index is 0.0430. The summed E-state index contributed by atoms with van der Waals surface area (Å²) in [7, 11) is 0. The molecule has 0 saturated carbocycles. The highest BCUT2D eigenvalue weighted by Gasteiger charge is 2.29. The molecule has 2 aliphatic heterocycles. The highest BCUT2D eigenvalue weighted by atomic mass is 19.1. The SMILES string of the molecule is O=C1O[C@H](c2ccccc2)Cc2cc(C(=O)N3CCN(Cc4ccccc4F)CC3)ccc21. The first-order chi connectivity index (χ1) is 16.1. The topological polar surface area (TPSA) is 49.9 Å². The molecule has 0 bridgehead atoms. The lowest BCUT2D eigenvalue weighted by Gasteiger charge is -2.35. The molecule has 0 radical (unpaired) electrons.